The fourth-order valence-corrected chi connectivity index (χ4v) is 5.56. The van der Waals surface area contributed by atoms with E-state index in [1.165, 1.54) is 0 Å². The van der Waals surface area contributed by atoms with Crippen LogP contribution in [0.15, 0.2) is 52.9 Å². The molecule has 0 bridgehead atoms. The molecular formula is C30H28F2N2O. The van der Waals surface area contributed by atoms with Crippen molar-refractivity contribution in [3.8, 4) is 11.3 Å². The fraction of sp³-hybridized carbons (Fsp3) is 0.333. The van der Waals surface area contributed by atoms with Gasteiger partial charge in [0.2, 0.25) is 11.6 Å². The van der Waals surface area contributed by atoms with Crippen LogP contribution in [0.25, 0.3) is 44.1 Å². The summed E-state index contributed by atoms with van der Waals surface area (Å²) < 4.78 is 34.6. The predicted molar refractivity (Wildman–Crippen MR) is 137 cm³/mol. The molecule has 1 aliphatic rings. The molecule has 178 valence electrons. The second-order valence-electron chi connectivity index (χ2n) is 10.4. The van der Waals surface area contributed by atoms with E-state index in [1.807, 2.05) is 25.1 Å². The number of aryl methyl sites for hydroxylation is 2. The maximum absolute atomic E-state index is 14.2. The van der Waals surface area contributed by atoms with Crippen LogP contribution in [0.5, 0.6) is 0 Å². The lowest BCUT2D eigenvalue weighted by atomic mass is 9.89. The molecule has 1 unspecified atom stereocenters. The summed E-state index contributed by atoms with van der Waals surface area (Å²) in [5.41, 5.74) is 7.08. The van der Waals surface area contributed by atoms with Gasteiger partial charge in [-0.2, -0.15) is 0 Å². The number of hydrogen-bond donors (Lipinski definition) is 0. The first-order valence-corrected chi connectivity index (χ1v) is 12.3. The maximum Gasteiger partial charge on any atom is 0.248 e. The highest BCUT2D eigenvalue weighted by atomic mass is 19.3. The Hall–Kier alpha value is -3.34. The molecule has 0 spiro atoms. The number of halogens is 2. The molecule has 3 heterocycles. The lowest BCUT2D eigenvalue weighted by Crippen LogP contribution is -2.09. The van der Waals surface area contributed by atoms with Crippen LogP contribution in [0.4, 0.5) is 8.78 Å². The largest absolute Gasteiger partial charge is 0.437 e. The molecule has 1 fully saturated rings. The minimum absolute atomic E-state index is 0.0487. The minimum Gasteiger partial charge on any atom is -0.437 e. The molecule has 0 aliphatic heterocycles. The molecule has 0 N–H and O–H groups in total. The van der Waals surface area contributed by atoms with Gasteiger partial charge in [-0.05, 0) is 78.9 Å². The minimum atomic E-state index is -2.59. The number of aromatic nitrogens is 2. The third-order valence-corrected chi connectivity index (χ3v) is 7.34. The first-order chi connectivity index (χ1) is 16.7. The van der Waals surface area contributed by atoms with E-state index in [2.05, 4.69) is 56.1 Å². The molecule has 1 saturated carbocycles. The Kier molecular flexibility index (Phi) is 4.96. The topological polar surface area (TPSA) is 38.9 Å². The quantitative estimate of drug-likeness (QED) is 0.264. The van der Waals surface area contributed by atoms with Crippen molar-refractivity contribution in [2.45, 2.75) is 64.7 Å². The molecule has 5 aromatic rings. The highest BCUT2D eigenvalue weighted by molar-refractivity contribution is 6.11. The van der Waals surface area contributed by atoms with Gasteiger partial charge in [0, 0.05) is 46.0 Å². The van der Waals surface area contributed by atoms with Crippen molar-refractivity contribution in [1.82, 2.24) is 9.97 Å². The van der Waals surface area contributed by atoms with Gasteiger partial charge in [-0.1, -0.05) is 32.0 Å². The highest BCUT2D eigenvalue weighted by Gasteiger charge is 2.40. The zero-order valence-corrected chi connectivity index (χ0v) is 20.5. The average Bonchev–Trinajstić information content (AvgIpc) is 3.36. The molecule has 0 amide bonds. The van der Waals surface area contributed by atoms with E-state index in [0.717, 1.165) is 60.9 Å². The Balaban J connectivity index is 1.67. The summed E-state index contributed by atoms with van der Waals surface area (Å²) in [5, 5.41) is 3.98. The average molecular weight is 471 g/mol. The Morgan fingerprint density at radius 1 is 0.943 bits per heavy atom. The fourth-order valence-electron chi connectivity index (χ4n) is 5.56. The van der Waals surface area contributed by atoms with Gasteiger partial charge < -0.3 is 4.42 Å². The van der Waals surface area contributed by atoms with Crippen LogP contribution in [0.3, 0.4) is 0 Å². The summed E-state index contributed by atoms with van der Waals surface area (Å²) in [6.45, 7) is 8.26. The number of furan rings is 1. The van der Waals surface area contributed by atoms with Crippen LogP contribution < -0.4 is 0 Å². The lowest BCUT2D eigenvalue weighted by Gasteiger charge is -2.18. The van der Waals surface area contributed by atoms with E-state index in [1.54, 1.807) is 0 Å². The van der Waals surface area contributed by atoms with E-state index in [9.17, 15) is 8.78 Å². The van der Waals surface area contributed by atoms with Crippen molar-refractivity contribution in [3.05, 3.63) is 71.0 Å². The van der Waals surface area contributed by atoms with Crippen LogP contribution in [-0.4, -0.2) is 15.9 Å². The summed E-state index contributed by atoms with van der Waals surface area (Å²) in [6, 6.07) is 16.4. The van der Waals surface area contributed by atoms with Crippen molar-refractivity contribution in [3.63, 3.8) is 0 Å². The van der Waals surface area contributed by atoms with E-state index in [-0.39, 0.29) is 24.7 Å². The van der Waals surface area contributed by atoms with E-state index in [4.69, 9.17) is 9.40 Å². The van der Waals surface area contributed by atoms with Gasteiger partial charge >= 0.3 is 0 Å². The van der Waals surface area contributed by atoms with Crippen molar-refractivity contribution in [1.29, 1.82) is 0 Å². The number of benzene rings is 2. The molecule has 0 radical (unpaired) electrons. The van der Waals surface area contributed by atoms with Gasteiger partial charge in [0.05, 0.1) is 5.69 Å². The molecule has 1 atom stereocenters. The summed E-state index contributed by atoms with van der Waals surface area (Å²) in [5.74, 6) is -2.55. The van der Waals surface area contributed by atoms with E-state index < -0.39 is 5.92 Å². The first kappa shape index (κ1) is 22.1. The van der Waals surface area contributed by atoms with E-state index >= 15 is 0 Å². The third kappa shape index (κ3) is 3.69. The Bertz CT molecular complexity index is 1620. The zero-order chi connectivity index (χ0) is 24.5. The predicted octanol–water partition coefficient (Wildman–Crippen LogP) is 8.84. The molecule has 0 saturated heterocycles. The van der Waals surface area contributed by atoms with Gasteiger partial charge in [0.1, 0.15) is 5.58 Å². The smallest absolute Gasteiger partial charge is 0.248 e. The van der Waals surface area contributed by atoms with Gasteiger partial charge in [-0.15, -0.1) is 0 Å². The number of pyridine rings is 2. The summed E-state index contributed by atoms with van der Waals surface area (Å²) in [6.07, 6.45) is 0.362. The van der Waals surface area contributed by atoms with Gasteiger partial charge in [-0.3, -0.25) is 4.98 Å². The molecular weight excluding hydrogens is 442 g/mol. The standard InChI is InChI=1S/C30H28F2N2O/c1-16(2)26-14-23-20(19-10-11-30(31,32)15-19)6-5-7-21(23)27(34-26)25-13-17(3)12-24-22-9-8-18(4)33-29(22)35-28(24)25/h5-9,12-14,16,19H,10-11,15H2,1-4H3. The number of hydrogen-bond acceptors (Lipinski definition) is 3. The normalized spacial score (nSPS) is 17.9. The Labute approximate surface area is 203 Å². The highest BCUT2D eigenvalue weighted by Crippen LogP contribution is 2.47. The second kappa shape index (κ2) is 7.84. The van der Waals surface area contributed by atoms with Crippen molar-refractivity contribution < 1.29 is 13.2 Å². The molecule has 5 heteroatoms. The van der Waals surface area contributed by atoms with Gasteiger partial charge in [-0.25, -0.2) is 13.8 Å². The first-order valence-electron chi connectivity index (χ1n) is 12.3. The SMILES string of the molecule is Cc1cc(-c2nc(C(C)C)cc3c(C4CCC(F)(F)C4)cccc23)c2oc3nc(C)ccc3c2c1. The Morgan fingerprint density at radius 3 is 2.51 bits per heavy atom. The van der Waals surface area contributed by atoms with Crippen LogP contribution in [0, 0.1) is 13.8 Å². The molecule has 3 aromatic heterocycles. The molecule has 2 aromatic carbocycles. The van der Waals surface area contributed by atoms with Crippen molar-refractivity contribution in [2.24, 2.45) is 0 Å². The summed E-state index contributed by atoms with van der Waals surface area (Å²) >= 11 is 0. The monoisotopic (exact) mass is 470 g/mol. The molecule has 6 rings (SSSR count). The third-order valence-electron chi connectivity index (χ3n) is 7.34. The lowest BCUT2D eigenvalue weighted by molar-refractivity contribution is 0.00780. The Morgan fingerprint density at radius 2 is 1.77 bits per heavy atom. The molecule has 3 nitrogen and oxygen atoms in total. The van der Waals surface area contributed by atoms with Crippen molar-refractivity contribution in [2.75, 3.05) is 0 Å². The summed E-state index contributed by atoms with van der Waals surface area (Å²) in [7, 11) is 0. The van der Waals surface area contributed by atoms with Crippen LogP contribution >= 0.6 is 0 Å². The van der Waals surface area contributed by atoms with Crippen LogP contribution in [-0.2, 0) is 0 Å². The second-order valence-corrected chi connectivity index (χ2v) is 10.4. The molecule has 35 heavy (non-hydrogen) atoms. The van der Waals surface area contributed by atoms with Gasteiger partial charge in [0.25, 0.3) is 0 Å². The maximum atomic E-state index is 14.2. The van der Waals surface area contributed by atoms with Crippen molar-refractivity contribution >= 4 is 32.8 Å². The number of nitrogens with zero attached hydrogens (tertiary/aromatic N) is 2. The van der Waals surface area contributed by atoms with Crippen LogP contribution in [0.2, 0.25) is 0 Å². The number of fused-ring (bicyclic) bond motifs is 4. The number of alkyl halides is 2. The molecule has 1 aliphatic carbocycles. The number of rotatable bonds is 3. The van der Waals surface area contributed by atoms with Gasteiger partial charge in [0.15, 0.2) is 0 Å². The zero-order valence-electron chi connectivity index (χ0n) is 20.5. The van der Waals surface area contributed by atoms with Crippen LogP contribution in [0.1, 0.15) is 67.5 Å². The van der Waals surface area contributed by atoms with E-state index in [0.29, 0.717) is 12.1 Å². The summed E-state index contributed by atoms with van der Waals surface area (Å²) in [4.78, 5) is 9.72.